The van der Waals surface area contributed by atoms with Gasteiger partial charge in [0, 0.05) is 12.2 Å². The molecule has 1 amide bonds. The standard InChI is InChI=1S/C23H28N4O2/c1-2-27-21-12-11-18(24-23(28)17-29-19-9-5-3-6-10-19)15-20(21)25-22(27)16-26-13-7-4-8-14-26/h3,5-6,9-12,15H,2,4,7-8,13-14,16-17H2,1H3,(H,24,28). The molecule has 2 aromatic carbocycles. The lowest BCUT2D eigenvalue weighted by molar-refractivity contribution is -0.118. The Morgan fingerprint density at radius 3 is 2.66 bits per heavy atom. The van der Waals surface area contributed by atoms with E-state index in [2.05, 4.69) is 21.7 Å². The number of para-hydroxylation sites is 1. The molecule has 6 heteroatoms. The van der Waals surface area contributed by atoms with Gasteiger partial charge in [0.2, 0.25) is 0 Å². The lowest BCUT2D eigenvalue weighted by Crippen LogP contribution is -2.30. The van der Waals surface area contributed by atoms with E-state index in [4.69, 9.17) is 9.72 Å². The third-order valence-corrected chi connectivity index (χ3v) is 5.35. The number of imidazole rings is 1. The monoisotopic (exact) mass is 392 g/mol. The van der Waals surface area contributed by atoms with Gasteiger partial charge in [0.05, 0.1) is 17.6 Å². The van der Waals surface area contributed by atoms with Gasteiger partial charge < -0.3 is 14.6 Å². The molecule has 0 saturated carbocycles. The van der Waals surface area contributed by atoms with Crippen molar-refractivity contribution in [2.75, 3.05) is 25.0 Å². The summed E-state index contributed by atoms with van der Waals surface area (Å²) in [6.07, 6.45) is 3.87. The highest BCUT2D eigenvalue weighted by molar-refractivity contribution is 5.94. The van der Waals surface area contributed by atoms with Crippen molar-refractivity contribution in [2.24, 2.45) is 0 Å². The molecule has 2 heterocycles. The number of nitrogens with zero attached hydrogens (tertiary/aromatic N) is 3. The van der Waals surface area contributed by atoms with Crippen LogP contribution in [0.4, 0.5) is 5.69 Å². The van der Waals surface area contributed by atoms with Gasteiger partial charge in [-0.3, -0.25) is 9.69 Å². The molecule has 3 aromatic rings. The van der Waals surface area contributed by atoms with Gasteiger partial charge >= 0.3 is 0 Å². The summed E-state index contributed by atoms with van der Waals surface area (Å²) in [5.41, 5.74) is 2.77. The first-order valence-corrected chi connectivity index (χ1v) is 10.4. The van der Waals surface area contributed by atoms with Gasteiger partial charge in [0.15, 0.2) is 6.61 Å². The molecule has 6 nitrogen and oxygen atoms in total. The zero-order valence-electron chi connectivity index (χ0n) is 16.9. The van der Waals surface area contributed by atoms with Gasteiger partial charge in [0.25, 0.3) is 5.91 Å². The Morgan fingerprint density at radius 1 is 1.10 bits per heavy atom. The average Bonchev–Trinajstić information content (AvgIpc) is 3.10. The molecular weight excluding hydrogens is 364 g/mol. The van der Waals surface area contributed by atoms with E-state index in [0.717, 1.165) is 48.7 Å². The fourth-order valence-corrected chi connectivity index (χ4v) is 3.91. The smallest absolute Gasteiger partial charge is 0.262 e. The van der Waals surface area contributed by atoms with Crippen LogP contribution in [0.15, 0.2) is 48.5 Å². The SMILES string of the molecule is CCn1c(CN2CCCCC2)nc2cc(NC(=O)COc3ccccc3)ccc21. The molecular formula is C23H28N4O2. The topological polar surface area (TPSA) is 59.4 Å². The Kier molecular flexibility index (Phi) is 6.10. The van der Waals surface area contributed by atoms with E-state index in [1.165, 1.54) is 19.3 Å². The van der Waals surface area contributed by atoms with Crippen molar-refractivity contribution in [1.29, 1.82) is 0 Å². The second-order valence-electron chi connectivity index (χ2n) is 7.46. The molecule has 152 valence electrons. The Labute approximate surface area is 171 Å². The number of benzene rings is 2. The number of aryl methyl sites for hydroxylation is 1. The maximum Gasteiger partial charge on any atom is 0.262 e. The van der Waals surface area contributed by atoms with Gasteiger partial charge in [0.1, 0.15) is 11.6 Å². The zero-order chi connectivity index (χ0) is 20.1. The molecule has 0 aliphatic carbocycles. The molecule has 1 fully saturated rings. The number of aromatic nitrogens is 2. The minimum atomic E-state index is -0.184. The van der Waals surface area contributed by atoms with Crippen LogP contribution in [0.5, 0.6) is 5.75 Å². The Bertz CT molecular complexity index is 962. The van der Waals surface area contributed by atoms with E-state index >= 15 is 0 Å². The number of carbonyl (C=O) groups is 1. The molecule has 4 rings (SSSR count). The molecule has 1 aliphatic rings. The second-order valence-corrected chi connectivity index (χ2v) is 7.46. The second kappa shape index (κ2) is 9.09. The maximum absolute atomic E-state index is 12.2. The number of hydrogen-bond donors (Lipinski definition) is 1. The van der Waals surface area contributed by atoms with Crippen molar-refractivity contribution in [2.45, 2.75) is 39.3 Å². The lowest BCUT2D eigenvalue weighted by atomic mass is 10.1. The Hall–Kier alpha value is -2.86. The highest BCUT2D eigenvalue weighted by atomic mass is 16.5. The number of nitrogens with one attached hydrogen (secondary N) is 1. The van der Waals surface area contributed by atoms with Gasteiger partial charge in [-0.05, 0) is 63.2 Å². The molecule has 0 spiro atoms. The van der Waals surface area contributed by atoms with Crippen LogP contribution in [-0.4, -0.2) is 40.1 Å². The molecule has 29 heavy (non-hydrogen) atoms. The number of fused-ring (bicyclic) bond motifs is 1. The summed E-state index contributed by atoms with van der Waals surface area (Å²) < 4.78 is 7.79. The number of piperidine rings is 1. The van der Waals surface area contributed by atoms with Gasteiger partial charge in [-0.2, -0.15) is 0 Å². The molecule has 0 unspecified atom stereocenters. The van der Waals surface area contributed by atoms with Crippen molar-refractivity contribution in [1.82, 2.24) is 14.5 Å². The van der Waals surface area contributed by atoms with E-state index in [-0.39, 0.29) is 12.5 Å². The first kappa shape index (κ1) is 19.5. The maximum atomic E-state index is 12.2. The molecule has 1 N–H and O–H groups in total. The van der Waals surface area contributed by atoms with E-state index in [1.54, 1.807) is 0 Å². The number of carbonyl (C=O) groups excluding carboxylic acids is 1. The van der Waals surface area contributed by atoms with Crippen LogP contribution in [0.25, 0.3) is 11.0 Å². The summed E-state index contributed by atoms with van der Waals surface area (Å²) in [4.78, 5) is 19.6. The van der Waals surface area contributed by atoms with Crippen LogP contribution in [0, 0.1) is 0 Å². The summed E-state index contributed by atoms with van der Waals surface area (Å²) in [6, 6.07) is 15.3. The third-order valence-electron chi connectivity index (χ3n) is 5.35. The largest absolute Gasteiger partial charge is 0.484 e. The van der Waals surface area contributed by atoms with E-state index in [1.807, 2.05) is 48.5 Å². The number of rotatable bonds is 7. The minimum absolute atomic E-state index is 0.0222. The van der Waals surface area contributed by atoms with Crippen molar-refractivity contribution in [3.8, 4) is 5.75 Å². The zero-order valence-corrected chi connectivity index (χ0v) is 16.9. The molecule has 1 aromatic heterocycles. The van der Waals surface area contributed by atoms with Crippen LogP contribution < -0.4 is 10.1 Å². The van der Waals surface area contributed by atoms with E-state index in [9.17, 15) is 4.79 Å². The summed E-state index contributed by atoms with van der Waals surface area (Å²) in [6.45, 7) is 6.19. The van der Waals surface area contributed by atoms with Crippen LogP contribution in [0.1, 0.15) is 32.0 Å². The Morgan fingerprint density at radius 2 is 1.90 bits per heavy atom. The number of likely N-dealkylation sites (tertiary alicyclic amines) is 1. The average molecular weight is 393 g/mol. The van der Waals surface area contributed by atoms with Crippen molar-refractivity contribution in [3.63, 3.8) is 0 Å². The predicted octanol–water partition coefficient (Wildman–Crippen LogP) is 4.06. The fourth-order valence-electron chi connectivity index (χ4n) is 3.91. The van der Waals surface area contributed by atoms with Crippen molar-refractivity contribution in [3.05, 3.63) is 54.4 Å². The van der Waals surface area contributed by atoms with Gasteiger partial charge in [-0.25, -0.2) is 4.98 Å². The quantitative estimate of drug-likeness (QED) is 0.659. The number of hydrogen-bond acceptors (Lipinski definition) is 4. The fraction of sp³-hybridized carbons (Fsp3) is 0.391. The molecule has 1 aliphatic heterocycles. The van der Waals surface area contributed by atoms with E-state index in [0.29, 0.717) is 5.75 Å². The van der Waals surface area contributed by atoms with Gasteiger partial charge in [-0.1, -0.05) is 24.6 Å². The number of amides is 1. The first-order chi connectivity index (χ1) is 14.2. The predicted molar refractivity (Wildman–Crippen MR) is 115 cm³/mol. The first-order valence-electron chi connectivity index (χ1n) is 10.4. The summed E-state index contributed by atoms with van der Waals surface area (Å²) in [5.74, 6) is 1.60. The van der Waals surface area contributed by atoms with Crippen LogP contribution in [-0.2, 0) is 17.9 Å². The molecule has 1 saturated heterocycles. The number of ether oxygens (including phenoxy) is 1. The normalized spacial score (nSPS) is 14.8. The lowest BCUT2D eigenvalue weighted by Gasteiger charge is -2.26. The molecule has 0 atom stereocenters. The summed E-state index contributed by atoms with van der Waals surface area (Å²) >= 11 is 0. The number of anilines is 1. The summed E-state index contributed by atoms with van der Waals surface area (Å²) in [7, 11) is 0. The van der Waals surface area contributed by atoms with E-state index < -0.39 is 0 Å². The Balaban J connectivity index is 1.44. The third kappa shape index (κ3) is 4.77. The van der Waals surface area contributed by atoms with Crippen molar-refractivity contribution >= 4 is 22.6 Å². The highest BCUT2D eigenvalue weighted by Crippen LogP contribution is 2.22. The molecule has 0 radical (unpaired) electrons. The molecule has 0 bridgehead atoms. The minimum Gasteiger partial charge on any atom is -0.484 e. The highest BCUT2D eigenvalue weighted by Gasteiger charge is 2.16. The van der Waals surface area contributed by atoms with Crippen LogP contribution in [0.2, 0.25) is 0 Å². The summed E-state index contributed by atoms with van der Waals surface area (Å²) in [5, 5.41) is 2.91. The van der Waals surface area contributed by atoms with Crippen molar-refractivity contribution < 1.29 is 9.53 Å². The van der Waals surface area contributed by atoms with Crippen LogP contribution >= 0.6 is 0 Å². The van der Waals surface area contributed by atoms with Gasteiger partial charge in [-0.15, -0.1) is 0 Å². The van der Waals surface area contributed by atoms with Crippen LogP contribution in [0.3, 0.4) is 0 Å².